The fourth-order valence-electron chi connectivity index (χ4n) is 12.2. The summed E-state index contributed by atoms with van der Waals surface area (Å²) in [6.45, 7) is 40.0. The molecule has 0 fully saturated rings. The lowest BCUT2D eigenvalue weighted by Crippen LogP contribution is -2.14. The smallest absolute Gasteiger partial charge is 0.250 e. The van der Waals surface area contributed by atoms with E-state index in [-0.39, 0.29) is 102 Å². The summed E-state index contributed by atoms with van der Waals surface area (Å²) in [6.07, 6.45) is 10.5. The molecular weight excluding hydrogens is 1460 g/mol. The molecule has 0 amide bonds. The van der Waals surface area contributed by atoms with Crippen molar-refractivity contribution in [3.05, 3.63) is 238 Å². The number of hydrogen-bond donors (Lipinski definition) is 1. The van der Waals surface area contributed by atoms with Crippen LogP contribution < -0.4 is 15.0 Å². The molecule has 15 heteroatoms. The maximum atomic E-state index is 11.7. The monoisotopic (exact) mass is 1590 g/mol. The van der Waals surface area contributed by atoms with Crippen molar-refractivity contribution in [2.24, 2.45) is 7.05 Å². The number of thiophene rings is 2. The molecule has 0 radical (unpaired) electrons. The number of nitriles is 1. The predicted octanol–water partition coefficient (Wildman–Crippen LogP) is 29.1. The molecule has 6 heterocycles. The van der Waals surface area contributed by atoms with E-state index in [1.807, 2.05) is 84.3 Å². The Hall–Kier alpha value is -8.02. The van der Waals surface area contributed by atoms with Crippen LogP contribution in [0.2, 0.25) is 15.1 Å². The summed E-state index contributed by atoms with van der Waals surface area (Å²) in [5.41, 5.74) is 15.2. The lowest BCUT2D eigenvalue weighted by atomic mass is 9.84. The molecule has 110 heavy (non-hydrogen) atoms. The third kappa shape index (κ3) is 25.2. The van der Waals surface area contributed by atoms with Gasteiger partial charge in [0.05, 0.1) is 37.1 Å². The highest BCUT2D eigenvalue weighted by molar-refractivity contribution is 7.20. The van der Waals surface area contributed by atoms with Crippen molar-refractivity contribution in [3.63, 3.8) is 0 Å². The first kappa shape index (κ1) is 100.0. The SMILES string of the molecule is C.C.C.C.C.C.C.CC(C)(C)c1cc2c(cc1O)C(=O)CC2.CC(C)(C)c1cc2cc(C#N)ccc2s1.CC(C)(C)c1ccc(-c2cnn3c2CCCC3)cc1Cl.CC(C)(C)c1sc2ccccc2c1Cl.COc1cc(-c2ccc(C(C)(C)C)c(OC)c2)ccn1.Cn1ccc(-c2ccc(C(C)(C)C)c(Cl)c2)cc1=O. The first-order chi connectivity index (χ1) is 48.1. The highest BCUT2D eigenvalue weighted by atomic mass is 35.5. The van der Waals surface area contributed by atoms with Gasteiger partial charge in [0.2, 0.25) is 5.88 Å². The van der Waals surface area contributed by atoms with Gasteiger partial charge in [-0.2, -0.15) is 10.4 Å². The molecule has 0 saturated carbocycles. The van der Waals surface area contributed by atoms with Crippen LogP contribution in [0.3, 0.4) is 0 Å². The second-order valence-electron chi connectivity index (χ2n) is 32.6. The zero-order chi connectivity index (χ0) is 75.9. The lowest BCUT2D eigenvalue weighted by Gasteiger charge is -2.22. The Morgan fingerprint density at radius 3 is 1.61 bits per heavy atom. The Labute approximate surface area is 686 Å². The number of carbonyl (C=O) groups excluding carboxylic acids is 1. The van der Waals surface area contributed by atoms with Crippen LogP contribution in [-0.4, -0.2) is 44.4 Å². The average molecular weight is 1590 g/mol. The summed E-state index contributed by atoms with van der Waals surface area (Å²) in [6, 6.07) is 48.3. The first-order valence-electron chi connectivity index (χ1n) is 35.1. The fraction of sp³-hybridized carbons (Fsp3) is 0.421. The summed E-state index contributed by atoms with van der Waals surface area (Å²) in [5.74, 6) is 1.92. The van der Waals surface area contributed by atoms with Crippen LogP contribution in [0.4, 0.5) is 0 Å². The van der Waals surface area contributed by atoms with Crippen LogP contribution in [0, 0.1) is 11.3 Å². The van der Waals surface area contributed by atoms with Gasteiger partial charge in [0.25, 0.3) is 5.56 Å². The van der Waals surface area contributed by atoms with Crippen molar-refractivity contribution in [1.29, 1.82) is 5.26 Å². The van der Waals surface area contributed by atoms with E-state index in [1.165, 1.54) is 70.7 Å². The molecule has 0 saturated heterocycles. The minimum atomic E-state index is -0.0786. The Morgan fingerprint density at radius 2 is 1.07 bits per heavy atom. The fourth-order valence-corrected chi connectivity index (χ4v) is 16.0. The maximum absolute atomic E-state index is 11.7. The van der Waals surface area contributed by atoms with E-state index in [0.29, 0.717) is 17.9 Å². The molecule has 1 N–H and O–H groups in total. The number of hydrogen-bond acceptors (Lipinski definition) is 10. The normalized spacial score (nSPS) is 12.1. The highest BCUT2D eigenvalue weighted by Gasteiger charge is 2.28. The van der Waals surface area contributed by atoms with Crippen molar-refractivity contribution in [3.8, 4) is 56.8 Å². The summed E-state index contributed by atoms with van der Waals surface area (Å²) in [5, 5.41) is 28.1. The van der Waals surface area contributed by atoms with E-state index in [2.05, 4.69) is 206 Å². The Balaban J connectivity index is 0.000000655. The number of pyridine rings is 2. The van der Waals surface area contributed by atoms with Gasteiger partial charge in [-0.25, -0.2) is 4.98 Å². The summed E-state index contributed by atoms with van der Waals surface area (Å²) in [4.78, 5) is 29.9. The molecule has 0 spiro atoms. The van der Waals surface area contributed by atoms with Crippen LogP contribution in [-0.2, 0) is 58.9 Å². The molecule has 13 rings (SSSR count). The van der Waals surface area contributed by atoms with E-state index >= 15 is 0 Å². The van der Waals surface area contributed by atoms with Gasteiger partial charge in [-0.05, 0) is 186 Å². The number of benzene rings is 6. The van der Waals surface area contributed by atoms with Crippen molar-refractivity contribution in [2.45, 2.75) is 248 Å². The number of Topliss-reactive ketones (excluding diaryl/α,β-unsaturated/α-hetero) is 1. The van der Waals surface area contributed by atoms with Gasteiger partial charge in [-0.1, -0.05) is 272 Å². The largest absolute Gasteiger partial charge is 0.508 e. The van der Waals surface area contributed by atoms with Crippen LogP contribution in [0.25, 0.3) is 53.6 Å². The molecule has 5 aromatic heterocycles. The number of aromatic hydroxyl groups is 1. The molecule has 0 unspecified atom stereocenters. The number of rotatable bonds is 5. The van der Waals surface area contributed by atoms with Gasteiger partial charge in [0.15, 0.2) is 5.78 Å². The maximum Gasteiger partial charge on any atom is 0.250 e. The highest BCUT2D eigenvalue weighted by Crippen LogP contribution is 2.43. The first-order valence-corrected chi connectivity index (χ1v) is 37.9. The van der Waals surface area contributed by atoms with Gasteiger partial charge >= 0.3 is 0 Å². The quantitative estimate of drug-likeness (QED) is 0.180. The number of fused-ring (bicyclic) bond motifs is 4. The molecule has 11 aromatic rings. The predicted molar refractivity (Wildman–Crippen MR) is 484 cm³/mol. The number of carbonyl (C=O) groups is 1. The zero-order valence-corrected chi connectivity index (χ0v) is 67.9. The van der Waals surface area contributed by atoms with E-state index in [0.717, 1.165) is 84.7 Å². The number of aromatic nitrogens is 4. The number of phenolic OH excluding ortho intramolecular Hbond substituents is 1. The van der Waals surface area contributed by atoms with Crippen molar-refractivity contribution < 1.29 is 19.4 Å². The van der Waals surface area contributed by atoms with E-state index in [9.17, 15) is 14.7 Å². The van der Waals surface area contributed by atoms with Crippen LogP contribution in [0.5, 0.6) is 17.4 Å². The molecule has 10 nitrogen and oxygen atoms in total. The molecule has 2 aliphatic rings. The molecule has 0 bridgehead atoms. The Morgan fingerprint density at radius 1 is 0.518 bits per heavy atom. The summed E-state index contributed by atoms with van der Waals surface area (Å²) in [7, 11) is 5.07. The molecule has 598 valence electrons. The molecule has 6 aromatic carbocycles. The number of phenols is 1. The average Bonchev–Trinajstić information content (AvgIpc) is 1.58. The van der Waals surface area contributed by atoms with Gasteiger partial charge in [0.1, 0.15) is 11.5 Å². The standard InChI is InChI=1S/C17H21ClN2.C17H21NO2.C16H18ClNO.C13H13NS.C13H16O2.C12H13ClS.7CH4/c1-17(2,3)14-8-7-12(10-15(14)18)13-11-19-20-9-5-4-6-16(13)20;1-17(2,3)14-7-6-12(10-15(14)19-4)13-8-9-18-16(11-13)20-5;1-16(2,3)13-6-5-11(9-14(13)17)12-7-8-18(4)15(19)10-12;1-13(2,3)12-7-10-6-9(8-14)4-5-11(10)15-12;1-13(2,3)10-6-8-4-5-11(14)9(8)7-12(10)15;1-12(2,3)11-10(13)8-6-4-5-7-9(8)14-11;;;;;;;/h7-8,10-11H,4-6,9H2,1-3H3;6-11H,1-5H3;5-10H,1-4H3;4-7H,1-3H3;6-7,15H,4-5H2,1-3H3;4-7H,1-3H3;7*1H4. The molecule has 1 aliphatic carbocycles. The van der Waals surface area contributed by atoms with Gasteiger partial charge in [-0.3, -0.25) is 14.3 Å². The lowest BCUT2D eigenvalue weighted by molar-refractivity contribution is 0.0994. The number of ether oxygens (including phenoxy) is 2. The van der Waals surface area contributed by atoms with Gasteiger partial charge in [-0.15, -0.1) is 22.7 Å². The Kier molecular flexibility index (Phi) is 37.2. The van der Waals surface area contributed by atoms with Crippen molar-refractivity contribution in [1.82, 2.24) is 19.3 Å². The Bertz CT molecular complexity index is 4930. The third-order valence-corrected chi connectivity index (χ3v) is 22.4. The van der Waals surface area contributed by atoms with Crippen LogP contribution in [0.15, 0.2) is 163 Å². The van der Waals surface area contributed by atoms with E-state index in [4.69, 9.17) is 49.5 Å². The second-order valence-corrected chi connectivity index (χ2v) is 35.9. The zero-order valence-electron chi connectivity index (χ0n) is 64.0. The number of nitrogens with zero attached hydrogens (tertiary/aromatic N) is 5. The van der Waals surface area contributed by atoms with Gasteiger partial charge in [0, 0.05) is 95.9 Å². The van der Waals surface area contributed by atoms with E-state index < -0.39 is 0 Å². The summed E-state index contributed by atoms with van der Waals surface area (Å²) >= 11 is 22.8. The second kappa shape index (κ2) is 41.0. The molecule has 1 aliphatic heterocycles. The van der Waals surface area contributed by atoms with Crippen LogP contribution in [0.1, 0.15) is 255 Å². The van der Waals surface area contributed by atoms with Crippen molar-refractivity contribution >= 4 is 83.4 Å². The minimum absolute atomic E-state index is 0. The number of halogens is 3. The van der Waals surface area contributed by atoms with Crippen LogP contribution >= 0.6 is 57.5 Å². The topological polar surface area (TPSA) is 132 Å². The molecular formula is C95H130Cl3N5O5S2. The number of methoxy groups -OCH3 is 2. The summed E-state index contributed by atoms with van der Waals surface area (Å²) < 4.78 is 16.9. The van der Waals surface area contributed by atoms with Gasteiger partial charge < -0.3 is 19.1 Å². The van der Waals surface area contributed by atoms with Crippen molar-refractivity contribution in [2.75, 3.05) is 14.2 Å². The third-order valence-electron chi connectivity index (χ3n) is 18.1. The minimum Gasteiger partial charge on any atom is -0.508 e. The number of aryl methyl sites for hydroxylation is 3. The van der Waals surface area contributed by atoms with E-state index in [1.54, 1.807) is 61.7 Å². The molecule has 0 atom stereocenters. The number of ketones is 1.